The third-order valence-corrected chi connectivity index (χ3v) is 9.86. The summed E-state index contributed by atoms with van der Waals surface area (Å²) in [6, 6.07) is 0. The predicted octanol–water partition coefficient (Wildman–Crippen LogP) is 11.1. The topological polar surface area (TPSA) is 0 Å². The molecule has 0 bridgehead atoms. The standard InChI is InChI=1S/C35H55F3/c1-3-5-7-9-11-28-13-17-30(18-14-28)21-22-32-24-26-33(34(27-32)35(36,37)38)25-23-31-19-15-29(16-20-31)12-10-8-6-4-2/h28-34H,3-20,24,26-27H2,1-2H3. The molecule has 0 nitrogen and oxygen atoms in total. The zero-order chi connectivity index (χ0) is 27.2. The monoisotopic (exact) mass is 532 g/mol. The number of hydrogen-bond donors (Lipinski definition) is 0. The van der Waals surface area contributed by atoms with Crippen LogP contribution in [0.25, 0.3) is 0 Å². The molecular formula is C35H55F3. The molecular weight excluding hydrogens is 477 g/mol. The van der Waals surface area contributed by atoms with E-state index in [9.17, 15) is 13.2 Å². The van der Waals surface area contributed by atoms with E-state index in [0.29, 0.717) is 18.3 Å². The number of alkyl halides is 3. The van der Waals surface area contributed by atoms with Gasteiger partial charge >= 0.3 is 6.18 Å². The van der Waals surface area contributed by atoms with E-state index in [1.54, 1.807) is 0 Å². The molecule has 0 aromatic rings. The summed E-state index contributed by atoms with van der Waals surface area (Å²) in [4.78, 5) is 0. The van der Waals surface area contributed by atoms with E-state index in [1.807, 2.05) is 0 Å². The summed E-state index contributed by atoms with van der Waals surface area (Å²) in [5, 5.41) is 0. The van der Waals surface area contributed by atoms with Crippen LogP contribution < -0.4 is 0 Å². The molecule has 3 atom stereocenters. The van der Waals surface area contributed by atoms with E-state index in [0.717, 1.165) is 43.9 Å². The molecule has 0 amide bonds. The lowest BCUT2D eigenvalue weighted by Crippen LogP contribution is -2.35. The zero-order valence-electron chi connectivity index (χ0n) is 24.5. The van der Waals surface area contributed by atoms with Crippen LogP contribution in [0.5, 0.6) is 0 Å². The van der Waals surface area contributed by atoms with Crippen molar-refractivity contribution in [3.63, 3.8) is 0 Å². The molecule has 3 saturated carbocycles. The molecule has 0 aliphatic heterocycles. The third kappa shape index (κ3) is 11.2. The van der Waals surface area contributed by atoms with E-state index in [2.05, 4.69) is 37.5 Å². The Hall–Kier alpha value is -1.09. The van der Waals surface area contributed by atoms with Crippen molar-refractivity contribution in [1.82, 2.24) is 0 Å². The normalized spacial score (nSPS) is 32.1. The maximum atomic E-state index is 14.0. The molecule has 38 heavy (non-hydrogen) atoms. The van der Waals surface area contributed by atoms with Crippen LogP contribution in [0.4, 0.5) is 13.2 Å². The van der Waals surface area contributed by atoms with Gasteiger partial charge in [-0.15, -0.1) is 0 Å². The molecule has 3 unspecified atom stereocenters. The first-order chi connectivity index (χ1) is 18.4. The van der Waals surface area contributed by atoms with Gasteiger partial charge in [-0.05, 0) is 82.5 Å². The fraction of sp³-hybridized carbons (Fsp3) is 0.886. The first kappa shape index (κ1) is 31.4. The lowest BCUT2D eigenvalue weighted by Gasteiger charge is -2.33. The summed E-state index contributed by atoms with van der Waals surface area (Å²) >= 11 is 0. The van der Waals surface area contributed by atoms with Crippen LogP contribution in [0.3, 0.4) is 0 Å². The van der Waals surface area contributed by atoms with Crippen LogP contribution in [0.15, 0.2) is 0 Å². The summed E-state index contributed by atoms with van der Waals surface area (Å²) < 4.78 is 42.1. The molecule has 0 saturated heterocycles. The largest absolute Gasteiger partial charge is 0.393 e. The smallest absolute Gasteiger partial charge is 0.171 e. The van der Waals surface area contributed by atoms with Gasteiger partial charge in [0.1, 0.15) is 0 Å². The average Bonchev–Trinajstić information content (AvgIpc) is 2.92. The van der Waals surface area contributed by atoms with Crippen molar-refractivity contribution in [2.75, 3.05) is 0 Å². The van der Waals surface area contributed by atoms with Crippen molar-refractivity contribution in [3.05, 3.63) is 0 Å². The highest BCUT2D eigenvalue weighted by atomic mass is 19.4. The van der Waals surface area contributed by atoms with Crippen LogP contribution in [-0.2, 0) is 0 Å². The highest BCUT2D eigenvalue weighted by Gasteiger charge is 2.47. The fourth-order valence-corrected chi connectivity index (χ4v) is 7.21. The molecule has 0 heterocycles. The Kier molecular flexibility index (Phi) is 14.0. The second-order valence-corrected chi connectivity index (χ2v) is 13.0. The van der Waals surface area contributed by atoms with Crippen LogP contribution in [0, 0.1) is 65.1 Å². The lowest BCUT2D eigenvalue weighted by atomic mass is 9.73. The molecule has 3 fully saturated rings. The molecule has 0 spiro atoms. The molecule has 3 aliphatic carbocycles. The van der Waals surface area contributed by atoms with E-state index >= 15 is 0 Å². The molecule has 0 N–H and O–H groups in total. The van der Waals surface area contributed by atoms with Crippen LogP contribution >= 0.6 is 0 Å². The van der Waals surface area contributed by atoms with Gasteiger partial charge in [0.05, 0.1) is 5.92 Å². The molecule has 0 radical (unpaired) electrons. The van der Waals surface area contributed by atoms with Crippen molar-refractivity contribution in [1.29, 1.82) is 0 Å². The van der Waals surface area contributed by atoms with Gasteiger partial charge in [0.2, 0.25) is 0 Å². The van der Waals surface area contributed by atoms with E-state index in [4.69, 9.17) is 0 Å². The Bertz CT molecular complexity index is 759. The van der Waals surface area contributed by atoms with Gasteiger partial charge in [-0.3, -0.25) is 0 Å². The number of hydrogen-bond acceptors (Lipinski definition) is 0. The van der Waals surface area contributed by atoms with Crippen molar-refractivity contribution >= 4 is 0 Å². The van der Waals surface area contributed by atoms with Gasteiger partial charge in [0.25, 0.3) is 0 Å². The van der Waals surface area contributed by atoms with E-state index in [-0.39, 0.29) is 12.3 Å². The van der Waals surface area contributed by atoms with Gasteiger partial charge in [-0.1, -0.05) is 102 Å². The minimum Gasteiger partial charge on any atom is -0.171 e. The zero-order valence-corrected chi connectivity index (χ0v) is 24.5. The van der Waals surface area contributed by atoms with Crippen molar-refractivity contribution in [2.24, 2.45) is 41.4 Å². The highest BCUT2D eigenvalue weighted by Crippen LogP contribution is 2.44. The number of unbranched alkanes of at least 4 members (excludes halogenated alkanes) is 6. The average molecular weight is 533 g/mol. The van der Waals surface area contributed by atoms with Gasteiger partial charge in [-0.2, -0.15) is 13.2 Å². The van der Waals surface area contributed by atoms with Gasteiger partial charge in [0, 0.05) is 23.7 Å². The van der Waals surface area contributed by atoms with Crippen molar-refractivity contribution < 1.29 is 13.2 Å². The Morgan fingerprint density at radius 3 is 1.45 bits per heavy atom. The summed E-state index contributed by atoms with van der Waals surface area (Å²) in [5.74, 6) is 13.6. The third-order valence-electron chi connectivity index (χ3n) is 9.86. The summed E-state index contributed by atoms with van der Waals surface area (Å²) in [7, 11) is 0. The Balaban J connectivity index is 1.43. The maximum absolute atomic E-state index is 14.0. The minimum absolute atomic E-state index is 0.116. The fourth-order valence-electron chi connectivity index (χ4n) is 7.21. The van der Waals surface area contributed by atoms with Crippen molar-refractivity contribution in [3.8, 4) is 23.7 Å². The maximum Gasteiger partial charge on any atom is 0.393 e. The Morgan fingerprint density at radius 1 is 0.526 bits per heavy atom. The Morgan fingerprint density at radius 2 is 0.974 bits per heavy atom. The van der Waals surface area contributed by atoms with E-state index in [1.165, 1.54) is 89.9 Å². The summed E-state index contributed by atoms with van der Waals surface area (Å²) in [6.45, 7) is 4.50. The lowest BCUT2D eigenvalue weighted by molar-refractivity contribution is -0.192. The quantitative estimate of drug-likeness (QED) is 0.194. The minimum atomic E-state index is -4.17. The van der Waals surface area contributed by atoms with Crippen molar-refractivity contribution in [2.45, 2.75) is 155 Å². The second kappa shape index (κ2) is 16.9. The first-order valence-electron chi connectivity index (χ1n) is 16.5. The molecule has 3 heteroatoms. The van der Waals surface area contributed by atoms with Crippen LogP contribution in [0.1, 0.15) is 149 Å². The van der Waals surface area contributed by atoms with E-state index < -0.39 is 18.0 Å². The Labute approximate surface area is 233 Å². The molecule has 3 rings (SSSR count). The predicted molar refractivity (Wildman–Crippen MR) is 154 cm³/mol. The van der Waals surface area contributed by atoms with Gasteiger partial charge in [-0.25, -0.2) is 0 Å². The van der Waals surface area contributed by atoms with Gasteiger partial charge in [0.15, 0.2) is 0 Å². The molecule has 3 aliphatic rings. The van der Waals surface area contributed by atoms with Crippen LogP contribution in [0.2, 0.25) is 0 Å². The number of rotatable bonds is 10. The van der Waals surface area contributed by atoms with Gasteiger partial charge < -0.3 is 0 Å². The SMILES string of the molecule is CCCCCCC1CCC(C#CC2CCC(C#CC3CCC(CCCCCC)CC3)C(C(F)(F)F)C2)CC1. The highest BCUT2D eigenvalue weighted by molar-refractivity contribution is 5.15. The number of halogens is 3. The van der Waals surface area contributed by atoms with Crippen LogP contribution in [-0.4, -0.2) is 6.18 Å². The first-order valence-corrected chi connectivity index (χ1v) is 16.5. The summed E-state index contributed by atoms with van der Waals surface area (Å²) in [5.41, 5.74) is 0. The molecule has 0 aromatic heterocycles. The molecule has 0 aromatic carbocycles. The summed E-state index contributed by atoms with van der Waals surface area (Å²) in [6.07, 6.45) is 19.9. The molecule has 216 valence electrons. The second-order valence-electron chi connectivity index (χ2n) is 13.0.